The van der Waals surface area contributed by atoms with E-state index in [1.165, 1.54) is 0 Å². The molecule has 13 heteroatoms. The van der Waals surface area contributed by atoms with Gasteiger partial charge in [0.05, 0.1) is 36.5 Å². The Labute approximate surface area is 279 Å². The van der Waals surface area contributed by atoms with Crippen molar-refractivity contribution in [1.82, 2.24) is 20.6 Å². The number of benzene rings is 3. The average molecular weight is 680 g/mol. The SMILES string of the molecule is COc1ccc(COC(=O)NC2(CNc3nc(Cl)nc4ccc(CCCCc5ccc6c(c5)S(=O)(=O)CCNC6)cc34)COC2)cc1. The molecule has 248 valence electrons. The second kappa shape index (κ2) is 14.4. The Morgan fingerprint density at radius 3 is 2.45 bits per heavy atom. The standard InChI is InChI=1S/C34H38ClN5O6S/c1-44-27-11-7-25(8-12-27)19-46-33(41)40-34(21-45-22-34)20-37-31-28-16-23(9-13-29(28)38-32(35)39-31)4-2-3-5-24-6-10-26-18-36-14-15-47(42,43)30(26)17-24/h6-13,16-17,36H,2-5,14-15,18-22H2,1H3,(H,40,41)(H,37,38,39). The number of carbonyl (C=O) groups excluding carboxylic acids is 1. The maximum absolute atomic E-state index is 12.7. The van der Waals surface area contributed by atoms with Gasteiger partial charge in [-0.15, -0.1) is 0 Å². The summed E-state index contributed by atoms with van der Waals surface area (Å²) in [7, 11) is -1.66. The van der Waals surface area contributed by atoms with Crippen LogP contribution >= 0.6 is 11.6 Å². The van der Waals surface area contributed by atoms with Crippen molar-refractivity contribution in [2.45, 2.75) is 49.3 Å². The predicted octanol–water partition coefficient (Wildman–Crippen LogP) is 4.84. The monoisotopic (exact) mass is 679 g/mol. The van der Waals surface area contributed by atoms with E-state index in [0.717, 1.165) is 59.1 Å². The van der Waals surface area contributed by atoms with Gasteiger partial charge < -0.3 is 30.2 Å². The van der Waals surface area contributed by atoms with Crippen molar-refractivity contribution in [2.24, 2.45) is 0 Å². The molecule has 0 saturated carbocycles. The van der Waals surface area contributed by atoms with E-state index in [9.17, 15) is 13.2 Å². The molecular weight excluding hydrogens is 642 g/mol. The first-order chi connectivity index (χ1) is 22.7. The van der Waals surface area contributed by atoms with E-state index in [1.807, 2.05) is 54.6 Å². The van der Waals surface area contributed by atoms with E-state index in [4.69, 9.17) is 25.8 Å². The van der Waals surface area contributed by atoms with Crippen molar-refractivity contribution in [3.63, 3.8) is 0 Å². The van der Waals surface area contributed by atoms with E-state index in [0.29, 0.717) is 49.1 Å². The zero-order valence-electron chi connectivity index (χ0n) is 26.2. The molecule has 1 saturated heterocycles. The lowest BCUT2D eigenvalue weighted by molar-refractivity contribution is -0.0650. The van der Waals surface area contributed by atoms with Crippen LogP contribution < -0.4 is 20.7 Å². The molecule has 1 aromatic heterocycles. The van der Waals surface area contributed by atoms with Crippen molar-refractivity contribution in [2.75, 3.05) is 44.5 Å². The minimum Gasteiger partial charge on any atom is -0.497 e. The molecule has 0 bridgehead atoms. The molecule has 0 aliphatic carbocycles. The Balaban J connectivity index is 1.05. The molecule has 1 fully saturated rings. The van der Waals surface area contributed by atoms with Crippen LogP contribution in [0.25, 0.3) is 10.9 Å². The molecule has 4 aromatic rings. The normalized spacial score (nSPS) is 16.4. The van der Waals surface area contributed by atoms with Crippen LogP contribution in [0.3, 0.4) is 0 Å². The fraction of sp³-hybridized carbons (Fsp3) is 0.382. The van der Waals surface area contributed by atoms with Crippen LogP contribution in [0, 0.1) is 0 Å². The van der Waals surface area contributed by atoms with E-state index in [2.05, 4.69) is 32.0 Å². The number of nitrogens with zero attached hydrogens (tertiary/aromatic N) is 2. The lowest BCUT2D eigenvalue weighted by Crippen LogP contribution is -2.65. The highest BCUT2D eigenvalue weighted by atomic mass is 35.5. The molecule has 2 aliphatic heterocycles. The zero-order valence-corrected chi connectivity index (χ0v) is 27.8. The molecule has 11 nitrogen and oxygen atoms in total. The molecule has 2 aliphatic rings. The molecule has 0 atom stereocenters. The molecule has 47 heavy (non-hydrogen) atoms. The third-order valence-electron chi connectivity index (χ3n) is 8.49. The summed E-state index contributed by atoms with van der Waals surface area (Å²) in [5.41, 5.74) is 3.90. The second-order valence-corrected chi connectivity index (χ2v) is 14.4. The van der Waals surface area contributed by atoms with Gasteiger partial charge in [-0.1, -0.05) is 30.3 Å². The summed E-state index contributed by atoms with van der Waals surface area (Å²) < 4.78 is 41.4. The van der Waals surface area contributed by atoms with Gasteiger partial charge in [0.25, 0.3) is 0 Å². The molecule has 0 radical (unpaired) electrons. The first-order valence-electron chi connectivity index (χ1n) is 15.6. The maximum atomic E-state index is 12.7. The van der Waals surface area contributed by atoms with Crippen molar-refractivity contribution < 1.29 is 27.4 Å². The van der Waals surface area contributed by atoms with Gasteiger partial charge in [0, 0.05) is 25.0 Å². The first kappa shape index (κ1) is 33.0. The highest BCUT2D eigenvalue weighted by molar-refractivity contribution is 7.91. The lowest BCUT2D eigenvalue weighted by atomic mass is 9.97. The number of alkyl carbamates (subject to hydrolysis) is 1. The Morgan fingerprint density at radius 2 is 1.72 bits per heavy atom. The van der Waals surface area contributed by atoms with Gasteiger partial charge in [-0.25, -0.2) is 23.2 Å². The number of hydrogen-bond donors (Lipinski definition) is 3. The number of nitrogens with one attached hydrogen (secondary N) is 3. The van der Waals surface area contributed by atoms with Gasteiger partial charge in [0.1, 0.15) is 23.7 Å². The predicted molar refractivity (Wildman–Crippen MR) is 180 cm³/mol. The molecular formula is C34H38ClN5O6S. The highest BCUT2D eigenvalue weighted by Crippen LogP contribution is 2.27. The van der Waals surface area contributed by atoms with Crippen LogP contribution in [0.15, 0.2) is 65.6 Å². The van der Waals surface area contributed by atoms with E-state index in [1.54, 1.807) is 7.11 Å². The Morgan fingerprint density at radius 1 is 1.00 bits per heavy atom. The van der Waals surface area contributed by atoms with Crippen LogP contribution in [0.5, 0.6) is 5.75 Å². The smallest absolute Gasteiger partial charge is 0.408 e. The number of anilines is 1. The number of rotatable bonds is 12. The number of carbonyl (C=O) groups is 1. The number of fused-ring (bicyclic) bond motifs is 2. The number of aromatic nitrogens is 2. The number of ether oxygens (including phenoxy) is 3. The third kappa shape index (κ3) is 8.13. The lowest BCUT2D eigenvalue weighted by Gasteiger charge is -2.41. The van der Waals surface area contributed by atoms with Crippen LogP contribution in [0.2, 0.25) is 5.28 Å². The van der Waals surface area contributed by atoms with Gasteiger partial charge in [-0.3, -0.25) is 0 Å². The molecule has 3 heterocycles. The Bertz CT molecular complexity index is 1850. The van der Waals surface area contributed by atoms with E-state index in [-0.39, 0.29) is 17.6 Å². The number of sulfone groups is 1. The van der Waals surface area contributed by atoms with Crippen LogP contribution in [0.4, 0.5) is 10.6 Å². The molecule has 0 spiro atoms. The highest BCUT2D eigenvalue weighted by Gasteiger charge is 2.41. The van der Waals surface area contributed by atoms with Gasteiger partial charge in [-0.05, 0) is 89.9 Å². The number of methoxy groups -OCH3 is 1. The quantitative estimate of drug-likeness (QED) is 0.141. The number of unbranched alkanes of at least 4 members (excludes halogenated alkanes) is 1. The van der Waals surface area contributed by atoms with Gasteiger partial charge in [0.15, 0.2) is 9.84 Å². The summed E-state index contributed by atoms with van der Waals surface area (Å²) >= 11 is 6.27. The number of amides is 1. The largest absolute Gasteiger partial charge is 0.497 e. The minimum absolute atomic E-state index is 0.122. The van der Waals surface area contributed by atoms with Crippen LogP contribution in [-0.4, -0.2) is 69.2 Å². The van der Waals surface area contributed by atoms with Gasteiger partial charge in [0.2, 0.25) is 5.28 Å². The summed E-state index contributed by atoms with van der Waals surface area (Å²) in [4.78, 5) is 22.0. The first-order valence-corrected chi connectivity index (χ1v) is 17.7. The molecule has 0 unspecified atom stereocenters. The van der Waals surface area contributed by atoms with Crippen molar-refractivity contribution in [1.29, 1.82) is 0 Å². The van der Waals surface area contributed by atoms with Gasteiger partial charge in [-0.2, -0.15) is 0 Å². The molecule has 3 aromatic carbocycles. The molecule has 3 N–H and O–H groups in total. The minimum atomic E-state index is -3.26. The zero-order chi connectivity index (χ0) is 32.9. The Hall–Kier alpha value is -3.97. The van der Waals surface area contributed by atoms with Crippen molar-refractivity contribution in [3.05, 3.63) is 88.2 Å². The summed E-state index contributed by atoms with van der Waals surface area (Å²) in [6, 6.07) is 19.2. The summed E-state index contributed by atoms with van der Waals surface area (Å²) in [5, 5.41) is 10.4. The number of aryl methyl sites for hydroxylation is 2. The Kier molecular flexibility index (Phi) is 10.1. The van der Waals surface area contributed by atoms with Crippen LogP contribution in [-0.2, 0) is 45.3 Å². The maximum Gasteiger partial charge on any atom is 0.408 e. The molecule has 1 amide bonds. The van der Waals surface area contributed by atoms with E-state index >= 15 is 0 Å². The summed E-state index contributed by atoms with van der Waals surface area (Å²) in [6.45, 7) is 2.18. The second-order valence-electron chi connectivity index (χ2n) is 12.0. The fourth-order valence-corrected chi connectivity index (χ4v) is 7.45. The number of hydrogen-bond acceptors (Lipinski definition) is 10. The summed E-state index contributed by atoms with van der Waals surface area (Å²) in [5.74, 6) is 1.43. The topological polar surface area (TPSA) is 141 Å². The number of halogens is 1. The van der Waals surface area contributed by atoms with Crippen molar-refractivity contribution in [3.8, 4) is 5.75 Å². The third-order valence-corrected chi connectivity index (χ3v) is 10.5. The van der Waals surface area contributed by atoms with Crippen molar-refractivity contribution >= 4 is 44.3 Å². The fourth-order valence-electron chi connectivity index (χ4n) is 5.77. The van der Waals surface area contributed by atoms with Crippen LogP contribution in [0.1, 0.15) is 35.1 Å². The average Bonchev–Trinajstić information content (AvgIpc) is 3.20. The van der Waals surface area contributed by atoms with E-state index < -0.39 is 21.5 Å². The van der Waals surface area contributed by atoms with Gasteiger partial charge >= 0.3 is 6.09 Å². The molecule has 6 rings (SSSR count). The summed E-state index contributed by atoms with van der Waals surface area (Å²) in [6.07, 6.45) is 2.94.